The Hall–Kier alpha value is -1.40. The molecule has 2 rings (SSSR count). The monoisotopic (exact) mass is 310 g/mol. The minimum absolute atomic E-state index is 0.0142. The van der Waals surface area contributed by atoms with E-state index in [1.54, 1.807) is 31.2 Å². The number of carbonyl (C=O) groups is 1. The molecule has 5 nitrogen and oxygen atoms in total. The first-order valence-corrected chi connectivity index (χ1v) is 8.94. The fourth-order valence-corrected chi connectivity index (χ4v) is 3.70. The number of sulfone groups is 1. The maximum Gasteiger partial charge on any atom is 0.231 e. The Morgan fingerprint density at radius 1 is 1.33 bits per heavy atom. The van der Waals surface area contributed by atoms with Gasteiger partial charge in [-0.25, -0.2) is 8.42 Å². The molecule has 21 heavy (non-hydrogen) atoms. The molecule has 6 heteroatoms. The zero-order valence-electron chi connectivity index (χ0n) is 12.5. The average molecular weight is 310 g/mol. The predicted molar refractivity (Wildman–Crippen MR) is 83.0 cm³/mol. The van der Waals surface area contributed by atoms with E-state index in [9.17, 15) is 13.2 Å². The van der Waals surface area contributed by atoms with Crippen LogP contribution in [0.3, 0.4) is 0 Å². The topological polar surface area (TPSA) is 75.3 Å². The van der Waals surface area contributed by atoms with Crippen LogP contribution in [0.2, 0.25) is 0 Å². The van der Waals surface area contributed by atoms with Crippen LogP contribution in [0.25, 0.3) is 0 Å². The Morgan fingerprint density at radius 3 is 2.62 bits per heavy atom. The van der Waals surface area contributed by atoms with Crippen LogP contribution in [-0.2, 0) is 14.6 Å². The van der Waals surface area contributed by atoms with Crippen molar-refractivity contribution in [1.29, 1.82) is 0 Å². The summed E-state index contributed by atoms with van der Waals surface area (Å²) in [5.74, 6) is -0.0888. The molecular formula is C15H22N2O3S. The molecule has 0 bridgehead atoms. The van der Waals surface area contributed by atoms with Gasteiger partial charge in [0.2, 0.25) is 5.91 Å². The van der Waals surface area contributed by atoms with Crippen LogP contribution in [-0.4, -0.2) is 33.2 Å². The van der Waals surface area contributed by atoms with E-state index in [1.165, 1.54) is 0 Å². The van der Waals surface area contributed by atoms with Crippen molar-refractivity contribution < 1.29 is 13.2 Å². The molecule has 0 aliphatic carbocycles. The molecule has 1 fully saturated rings. The van der Waals surface area contributed by atoms with Gasteiger partial charge in [0.25, 0.3) is 0 Å². The number of anilines is 1. The Labute approximate surface area is 126 Å². The lowest BCUT2D eigenvalue weighted by Gasteiger charge is -2.25. The van der Waals surface area contributed by atoms with Crippen LogP contribution < -0.4 is 10.6 Å². The first kappa shape index (κ1) is 16.0. The quantitative estimate of drug-likeness (QED) is 0.870. The molecule has 1 aromatic carbocycles. The van der Waals surface area contributed by atoms with Gasteiger partial charge < -0.3 is 10.6 Å². The molecule has 0 aromatic heterocycles. The largest absolute Gasteiger partial charge is 0.324 e. The van der Waals surface area contributed by atoms with Crippen LogP contribution in [0.5, 0.6) is 0 Å². The van der Waals surface area contributed by atoms with Crippen molar-refractivity contribution in [3.63, 3.8) is 0 Å². The van der Waals surface area contributed by atoms with Crippen LogP contribution in [0.15, 0.2) is 29.2 Å². The highest BCUT2D eigenvalue weighted by Gasteiger charge is 2.39. The van der Waals surface area contributed by atoms with Gasteiger partial charge >= 0.3 is 0 Å². The lowest BCUT2D eigenvalue weighted by Crippen LogP contribution is -2.37. The number of amides is 1. The molecule has 116 valence electrons. The van der Waals surface area contributed by atoms with Crippen molar-refractivity contribution in [3.05, 3.63) is 24.3 Å². The molecule has 1 heterocycles. The highest BCUT2D eigenvalue weighted by atomic mass is 32.2. The predicted octanol–water partition coefficient (Wildman–Crippen LogP) is 1.81. The Morgan fingerprint density at radius 2 is 2.05 bits per heavy atom. The lowest BCUT2D eigenvalue weighted by atomic mass is 9.83. The Bertz CT molecular complexity index is 620. The van der Waals surface area contributed by atoms with Gasteiger partial charge in [-0.05, 0) is 31.5 Å². The van der Waals surface area contributed by atoms with Crippen LogP contribution in [0, 0.1) is 5.41 Å². The fraction of sp³-hybridized carbons (Fsp3) is 0.533. The van der Waals surface area contributed by atoms with Crippen molar-refractivity contribution in [2.24, 2.45) is 5.41 Å². The maximum absolute atomic E-state index is 12.6. The van der Waals surface area contributed by atoms with Gasteiger partial charge in [0.15, 0.2) is 9.84 Å². The number of para-hydroxylation sites is 1. The van der Waals surface area contributed by atoms with Crippen molar-refractivity contribution in [2.45, 2.75) is 31.6 Å². The van der Waals surface area contributed by atoms with E-state index in [0.717, 1.165) is 19.4 Å². The summed E-state index contributed by atoms with van der Waals surface area (Å²) >= 11 is 0. The van der Waals surface area contributed by atoms with Crippen LogP contribution >= 0.6 is 0 Å². The van der Waals surface area contributed by atoms with Crippen molar-refractivity contribution in [3.8, 4) is 0 Å². The number of benzene rings is 1. The van der Waals surface area contributed by atoms with Gasteiger partial charge in [-0.3, -0.25) is 4.79 Å². The zero-order valence-corrected chi connectivity index (χ0v) is 13.3. The molecule has 0 saturated carbocycles. The maximum atomic E-state index is 12.6. The van der Waals surface area contributed by atoms with Gasteiger partial charge in [0, 0.05) is 6.54 Å². The molecular weight excluding hydrogens is 288 g/mol. The van der Waals surface area contributed by atoms with Crippen molar-refractivity contribution >= 4 is 21.4 Å². The molecule has 0 spiro atoms. The fourth-order valence-electron chi connectivity index (χ4n) is 2.65. The van der Waals surface area contributed by atoms with Gasteiger partial charge in [-0.15, -0.1) is 0 Å². The third kappa shape index (κ3) is 3.11. The summed E-state index contributed by atoms with van der Waals surface area (Å²) < 4.78 is 24.2. The molecule has 1 aliphatic rings. The first-order valence-electron chi connectivity index (χ1n) is 7.29. The minimum Gasteiger partial charge on any atom is -0.324 e. The summed E-state index contributed by atoms with van der Waals surface area (Å²) in [6.45, 7) is 5.04. The minimum atomic E-state index is -3.35. The summed E-state index contributed by atoms with van der Waals surface area (Å²) in [6, 6.07) is 6.59. The Kier molecular flexibility index (Phi) is 4.68. The number of nitrogens with one attached hydrogen (secondary N) is 2. The van der Waals surface area contributed by atoms with Crippen molar-refractivity contribution in [1.82, 2.24) is 5.32 Å². The number of carbonyl (C=O) groups excluding carboxylic acids is 1. The van der Waals surface area contributed by atoms with Gasteiger partial charge in [-0.2, -0.15) is 0 Å². The highest BCUT2D eigenvalue weighted by molar-refractivity contribution is 7.91. The Balaban J connectivity index is 2.30. The smallest absolute Gasteiger partial charge is 0.231 e. The normalized spacial score (nSPS) is 22.2. The summed E-state index contributed by atoms with van der Waals surface area (Å²) in [5.41, 5.74) is -0.0626. The standard InChI is InChI=1S/C15H22N2O3S/c1-3-15(9-10-16-11-15)14(18)17-12-7-5-6-8-13(12)21(19,20)4-2/h5-8,16H,3-4,9-11H2,1-2H3,(H,17,18). The van der Waals surface area contributed by atoms with Gasteiger partial charge in [-0.1, -0.05) is 26.0 Å². The van der Waals surface area contributed by atoms with E-state index in [-0.39, 0.29) is 16.6 Å². The number of hydrogen-bond acceptors (Lipinski definition) is 4. The van der Waals surface area contributed by atoms with Crippen LogP contribution in [0.4, 0.5) is 5.69 Å². The third-order valence-electron chi connectivity index (χ3n) is 4.25. The molecule has 2 N–H and O–H groups in total. The first-order chi connectivity index (χ1) is 9.95. The van der Waals surface area contributed by atoms with E-state index in [4.69, 9.17) is 0 Å². The summed E-state index contributed by atoms with van der Waals surface area (Å²) in [5, 5.41) is 6.03. The van der Waals surface area contributed by atoms with E-state index in [0.29, 0.717) is 12.2 Å². The SMILES string of the molecule is CCC1(C(=O)Nc2ccccc2S(=O)(=O)CC)CCNC1. The summed E-state index contributed by atoms with van der Waals surface area (Å²) in [4.78, 5) is 12.8. The zero-order chi connectivity index (χ0) is 15.5. The van der Waals surface area contributed by atoms with Crippen molar-refractivity contribution in [2.75, 3.05) is 24.2 Å². The molecule has 1 atom stereocenters. The van der Waals surface area contributed by atoms with Gasteiger partial charge in [0.05, 0.1) is 21.8 Å². The average Bonchev–Trinajstić information content (AvgIpc) is 2.98. The van der Waals surface area contributed by atoms with E-state index in [1.807, 2.05) is 6.92 Å². The van der Waals surface area contributed by atoms with E-state index < -0.39 is 15.3 Å². The molecule has 1 saturated heterocycles. The second kappa shape index (κ2) is 6.15. The lowest BCUT2D eigenvalue weighted by molar-refractivity contribution is -0.124. The van der Waals surface area contributed by atoms with Gasteiger partial charge in [0.1, 0.15) is 0 Å². The second-order valence-corrected chi connectivity index (χ2v) is 7.66. The third-order valence-corrected chi connectivity index (χ3v) is 6.04. The molecule has 1 amide bonds. The molecule has 1 unspecified atom stereocenters. The molecule has 0 radical (unpaired) electrons. The number of rotatable bonds is 5. The molecule has 1 aliphatic heterocycles. The van der Waals surface area contributed by atoms with E-state index >= 15 is 0 Å². The summed E-state index contributed by atoms with van der Waals surface area (Å²) in [6.07, 6.45) is 1.51. The second-order valence-electron chi connectivity index (χ2n) is 5.41. The molecule has 1 aromatic rings. The number of hydrogen-bond donors (Lipinski definition) is 2. The summed E-state index contributed by atoms with van der Waals surface area (Å²) in [7, 11) is -3.35. The van der Waals surface area contributed by atoms with E-state index in [2.05, 4.69) is 10.6 Å². The van der Waals surface area contributed by atoms with Crippen LogP contribution in [0.1, 0.15) is 26.7 Å². The highest BCUT2D eigenvalue weighted by Crippen LogP contribution is 2.32.